The molecule has 0 spiro atoms. The highest BCUT2D eigenvalue weighted by Gasteiger charge is 2.21. The van der Waals surface area contributed by atoms with Crippen LogP contribution in [-0.2, 0) is 16.6 Å². The minimum atomic E-state index is -3.40. The maximum absolute atomic E-state index is 12.5. The number of nitrogens with zero attached hydrogens (tertiary/aromatic N) is 1. The molecule has 0 bridgehead atoms. The molecular weight excluding hydrogens is 391 g/mol. The Hall–Kier alpha value is -1.11. The van der Waals surface area contributed by atoms with Gasteiger partial charge in [-0.15, -0.1) is 12.4 Å². The van der Waals surface area contributed by atoms with E-state index in [0.717, 1.165) is 22.7 Å². The van der Waals surface area contributed by atoms with Gasteiger partial charge in [-0.3, -0.25) is 0 Å². The standard InChI is InChI=1S/C19H25ClN2O2S.ClH/c1-4-22(5-2)25(23,24)19-12-8-17(9-13-19)15(3)21-14-16-6-10-18(20)11-7-16;/h6-13,15,21H,4-5,14H2,1-3H3;1H. The van der Waals surface area contributed by atoms with Crippen LogP contribution in [-0.4, -0.2) is 25.8 Å². The van der Waals surface area contributed by atoms with Gasteiger partial charge in [-0.25, -0.2) is 8.42 Å². The first kappa shape index (κ1) is 22.9. The summed E-state index contributed by atoms with van der Waals surface area (Å²) in [6.45, 7) is 7.41. The van der Waals surface area contributed by atoms with E-state index in [1.54, 1.807) is 12.1 Å². The van der Waals surface area contributed by atoms with Gasteiger partial charge in [0, 0.05) is 30.7 Å². The van der Waals surface area contributed by atoms with Gasteiger partial charge in [0.1, 0.15) is 0 Å². The van der Waals surface area contributed by atoms with Crippen LogP contribution in [0.3, 0.4) is 0 Å². The number of hydrogen-bond donors (Lipinski definition) is 1. The first-order chi connectivity index (χ1) is 11.9. The van der Waals surface area contributed by atoms with Crippen LogP contribution in [0.15, 0.2) is 53.4 Å². The third-order valence-corrected chi connectivity index (χ3v) is 6.57. The maximum atomic E-state index is 12.5. The second kappa shape index (κ2) is 10.3. The van der Waals surface area contributed by atoms with E-state index in [9.17, 15) is 8.42 Å². The van der Waals surface area contributed by atoms with Gasteiger partial charge in [0.25, 0.3) is 0 Å². The van der Waals surface area contributed by atoms with Crippen LogP contribution >= 0.6 is 24.0 Å². The number of halogens is 2. The number of rotatable bonds is 8. The number of sulfonamides is 1. The SMILES string of the molecule is CCN(CC)S(=O)(=O)c1ccc(C(C)NCc2ccc(Cl)cc2)cc1.Cl. The molecule has 1 unspecified atom stereocenters. The van der Waals surface area contributed by atoms with Gasteiger partial charge < -0.3 is 5.32 Å². The van der Waals surface area contributed by atoms with E-state index in [4.69, 9.17) is 11.6 Å². The van der Waals surface area contributed by atoms with Gasteiger partial charge in [0.2, 0.25) is 10.0 Å². The van der Waals surface area contributed by atoms with Crippen molar-refractivity contribution in [3.8, 4) is 0 Å². The van der Waals surface area contributed by atoms with Crippen molar-refractivity contribution in [2.45, 2.75) is 38.3 Å². The number of nitrogens with one attached hydrogen (secondary N) is 1. The molecule has 2 aromatic rings. The van der Waals surface area contributed by atoms with Crippen LogP contribution in [0.1, 0.15) is 37.9 Å². The van der Waals surface area contributed by atoms with E-state index in [-0.39, 0.29) is 18.4 Å². The molecule has 0 radical (unpaired) electrons. The summed E-state index contributed by atoms with van der Waals surface area (Å²) in [7, 11) is -3.40. The predicted octanol–water partition coefficient (Wildman–Crippen LogP) is 4.64. The molecule has 0 saturated carbocycles. The highest BCUT2D eigenvalue weighted by atomic mass is 35.5. The first-order valence-electron chi connectivity index (χ1n) is 8.46. The second-order valence-corrected chi connectivity index (χ2v) is 8.26. The lowest BCUT2D eigenvalue weighted by Crippen LogP contribution is -2.30. The van der Waals surface area contributed by atoms with Crippen molar-refractivity contribution >= 4 is 34.0 Å². The molecule has 0 aliphatic rings. The van der Waals surface area contributed by atoms with Crippen LogP contribution in [0, 0.1) is 0 Å². The third kappa shape index (κ3) is 5.69. The van der Waals surface area contributed by atoms with Gasteiger partial charge in [0.05, 0.1) is 4.90 Å². The minimum absolute atomic E-state index is 0. The maximum Gasteiger partial charge on any atom is 0.243 e. The van der Waals surface area contributed by atoms with E-state index < -0.39 is 10.0 Å². The van der Waals surface area contributed by atoms with Crippen LogP contribution < -0.4 is 5.32 Å². The predicted molar refractivity (Wildman–Crippen MR) is 111 cm³/mol. The Kier molecular flexibility index (Phi) is 9.07. The van der Waals surface area contributed by atoms with Crippen LogP contribution in [0.25, 0.3) is 0 Å². The zero-order valence-corrected chi connectivity index (χ0v) is 17.7. The summed E-state index contributed by atoms with van der Waals surface area (Å²) in [4.78, 5) is 0.338. The summed E-state index contributed by atoms with van der Waals surface area (Å²) in [6.07, 6.45) is 0. The quantitative estimate of drug-likeness (QED) is 0.681. The molecule has 1 N–H and O–H groups in total. The summed E-state index contributed by atoms with van der Waals surface area (Å²) in [5.41, 5.74) is 2.20. The molecule has 26 heavy (non-hydrogen) atoms. The summed E-state index contributed by atoms with van der Waals surface area (Å²) in [6, 6.07) is 14.9. The molecular formula is C19H26Cl2N2O2S. The Labute approximate surface area is 168 Å². The van der Waals surface area contributed by atoms with Gasteiger partial charge >= 0.3 is 0 Å². The molecule has 4 nitrogen and oxygen atoms in total. The van der Waals surface area contributed by atoms with Crippen LogP contribution in [0.5, 0.6) is 0 Å². The van der Waals surface area contributed by atoms with Crippen molar-refractivity contribution in [1.82, 2.24) is 9.62 Å². The normalized spacial score (nSPS) is 12.7. The lowest BCUT2D eigenvalue weighted by Gasteiger charge is -2.19. The summed E-state index contributed by atoms with van der Waals surface area (Å²) in [5.74, 6) is 0. The average molecular weight is 417 g/mol. The first-order valence-corrected chi connectivity index (χ1v) is 10.3. The molecule has 7 heteroatoms. The molecule has 0 heterocycles. The number of benzene rings is 2. The molecule has 0 aromatic heterocycles. The van der Waals surface area contributed by atoms with Crippen molar-refractivity contribution in [2.75, 3.05) is 13.1 Å². The largest absolute Gasteiger partial charge is 0.306 e. The monoisotopic (exact) mass is 416 g/mol. The average Bonchev–Trinajstić information content (AvgIpc) is 2.62. The minimum Gasteiger partial charge on any atom is -0.306 e. The van der Waals surface area contributed by atoms with Gasteiger partial charge in [-0.05, 0) is 42.3 Å². The Bertz CT molecular complexity index is 774. The van der Waals surface area contributed by atoms with E-state index in [2.05, 4.69) is 12.2 Å². The van der Waals surface area contributed by atoms with E-state index in [1.165, 1.54) is 4.31 Å². The number of hydrogen-bond acceptors (Lipinski definition) is 3. The van der Waals surface area contributed by atoms with Gasteiger partial charge in [-0.2, -0.15) is 4.31 Å². The second-order valence-electron chi connectivity index (χ2n) is 5.89. The molecule has 0 amide bonds. The molecule has 1 atom stereocenters. The molecule has 0 aliphatic carbocycles. The lowest BCUT2D eigenvalue weighted by molar-refractivity contribution is 0.445. The lowest BCUT2D eigenvalue weighted by atomic mass is 10.1. The van der Waals surface area contributed by atoms with Crippen LogP contribution in [0.2, 0.25) is 5.02 Å². The molecule has 144 valence electrons. The van der Waals surface area contributed by atoms with Crippen molar-refractivity contribution in [3.05, 3.63) is 64.7 Å². The highest BCUT2D eigenvalue weighted by molar-refractivity contribution is 7.89. The zero-order chi connectivity index (χ0) is 18.4. The summed E-state index contributed by atoms with van der Waals surface area (Å²) < 4.78 is 26.5. The van der Waals surface area contributed by atoms with Gasteiger partial charge in [-0.1, -0.05) is 49.7 Å². The molecule has 0 fully saturated rings. The molecule has 2 rings (SSSR count). The zero-order valence-electron chi connectivity index (χ0n) is 15.3. The van der Waals surface area contributed by atoms with Gasteiger partial charge in [0.15, 0.2) is 0 Å². The van der Waals surface area contributed by atoms with Crippen molar-refractivity contribution in [2.24, 2.45) is 0 Å². The summed E-state index contributed by atoms with van der Waals surface area (Å²) in [5, 5.41) is 4.16. The van der Waals surface area contributed by atoms with E-state index in [1.807, 2.05) is 50.2 Å². The summed E-state index contributed by atoms with van der Waals surface area (Å²) >= 11 is 5.89. The van der Waals surface area contributed by atoms with Crippen molar-refractivity contribution in [3.63, 3.8) is 0 Å². The van der Waals surface area contributed by atoms with Crippen molar-refractivity contribution in [1.29, 1.82) is 0 Å². The Morgan fingerprint density at radius 3 is 2.04 bits per heavy atom. The fraction of sp³-hybridized carbons (Fsp3) is 0.368. The van der Waals surface area contributed by atoms with E-state index >= 15 is 0 Å². The smallest absolute Gasteiger partial charge is 0.243 e. The molecule has 2 aromatic carbocycles. The Balaban J connectivity index is 0.00000338. The fourth-order valence-corrected chi connectivity index (χ4v) is 4.22. The highest BCUT2D eigenvalue weighted by Crippen LogP contribution is 2.20. The van der Waals surface area contributed by atoms with Crippen LogP contribution in [0.4, 0.5) is 0 Å². The topological polar surface area (TPSA) is 49.4 Å². The Morgan fingerprint density at radius 2 is 1.54 bits per heavy atom. The van der Waals surface area contributed by atoms with E-state index in [0.29, 0.717) is 18.0 Å². The molecule has 0 saturated heterocycles. The Morgan fingerprint density at radius 1 is 1.00 bits per heavy atom. The third-order valence-electron chi connectivity index (χ3n) is 4.25. The molecule has 0 aliphatic heterocycles. The fourth-order valence-electron chi connectivity index (χ4n) is 2.63. The van der Waals surface area contributed by atoms with Crippen molar-refractivity contribution < 1.29 is 8.42 Å².